The molecule has 0 saturated carbocycles. The maximum atomic E-state index is 5.77. The lowest BCUT2D eigenvalue weighted by molar-refractivity contribution is 0.306. The molecule has 0 aliphatic rings. The first-order chi connectivity index (χ1) is 15.8. The van der Waals surface area contributed by atoms with E-state index in [9.17, 15) is 0 Å². The van der Waals surface area contributed by atoms with Crippen LogP contribution in [0, 0.1) is 0 Å². The van der Waals surface area contributed by atoms with Crippen LogP contribution in [0.1, 0.15) is 77.2 Å². The standard InChI is InChI=1S/C27H36N4O/c1-3-5-7-8-9-10-12-22-18-28-27(29-19-22)24-20-30-26(31-21-24)23-13-15-25(16-14-23)32-17-11-6-4-2/h13-16,18-21H,3-12,17H2,1-2H3. The van der Waals surface area contributed by atoms with E-state index in [1.165, 1.54) is 56.9 Å². The van der Waals surface area contributed by atoms with Crippen molar-refractivity contribution in [3.8, 4) is 28.5 Å². The Morgan fingerprint density at radius 1 is 0.594 bits per heavy atom. The molecule has 3 rings (SSSR count). The molecule has 2 aromatic heterocycles. The average Bonchev–Trinajstić information content (AvgIpc) is 2.85. The maximum Gasteiger partial charge on any atom is 0.162 e. The van der Waals surface area contributed by atoms with Crippen molar-refractivity contribution in [1.82, 2.24) is 19.9 Å². The van der Waals surface area contributed by atoms with E-state index in [0.29, 0.717) is 11.6 Å². The van der Waals surface area contributed by atoms with Crippen molar-refractivity contribution in [3.05, 3.63) is 54.6 Å². The maximum absolute atomic E-state index is 5.77. The molecule has 5 nitrogen and oxygen atoms in total. The van der Waals surface area contributed by atoms with Crippen LogP contribution in [0.3, 0.4) is 0 Å². The van der Waals surface area contributed by atoms with Gasteiger partial charge in [-0.2, -0.15) is 0 Å². The number of rotatable bonds is 14. The van der Waals surface area contributed by atoms with Crippen LogP contribution in [0.5, 0.6) is 5.75 Å². The molecule has 5 heteroatoms. The fraction of sp³-hybridized carbons (Fsp3) is 0.481. The zero-order valence-electron chi connectivity index (χ0n) is 19.6. The smallest absolute Gasteiger partial charge is 0.162 e. The summed E-state index contributed by atoms with van der Waals surface area (Å²) in [5.41, 5.74) is 2.99. The fourth-order valence-electron chi connectivity index (χ4n) is 3.58. The van der Waals surface area contributed by atoms with Gasteiger partial charge in [0.15, 0.2) is 11.6 Å². The molecule has 0 aliphatic carbocycles. The lowest BCUT2D eigenvalue weighted by atomic mass is 10.1. The lowest BCUT2D eigenvalue weighted by Crippen LogP contribution is -1.97. The SMILES string of the molecule is CCCCCCCCc1cnc(-c2cnc(-c3ccc(OCCCCC)cc3)nc2)nc1. The number of aromatic nitrogens is 4. The Kier molecular flexibility index (Phi) is 10.1. The zero-order valence-corrected chi connectivity index (χ0v) is 19.6. The second-order valence-electron chi connectivity index (χ2n) is 8.31. The van der Waals surface area contributed by atoms with Crippen LogP contribution in [0.25, 0.3) is 22.8 Å². The number of benzene rings is 1. The van der Waals surface area contributed by atoms with E-state index >= 15 is 0 Å². The highest BCUT2D eigenvalue weighted by Gasteiger charge is 2.06. The van der Waals surface area contributed by atoms with Gasteiger partial charge in [0.05, 0.1) is 12.2 Å². The van der Waals surface area contributed by atoms with Crippen LogP contribution in [0.2, 0.25) is 0 Å². The summed E-state index contributed by atoms with van der Waals surface area (Å²) in [6.45, 7) is 5.20. The molecule has 0 bridgehead atoms. The van der Waals surface area contributed by atoms with Crippen molar-refractivity contribution in [2.45, 2.75) is 78.1 Å². The van der Waals surface area contributed by atoms with Gasteiger partial charge in [0.25, 0.3) is 0 Å². The van der Waals surface area contributed by atoms with Gasteiger partial charge in [0.2, 0.25) is 0 Å². The van der Waals surface area contributed by atoms with Gasteiger partial charge >= 0.3 is 0 Å². The van der Waals surface area contributed by atoms with E-state index in [-0.39, 0.29) is 0 Å². The van der Waals surface area contributed by atoms with E-state index in [4.69, 9.17) is 4.74 Å². The third-order valence-electron chi connectivity index (χ3n) is 5.56. The largest absolute Gasteiger partial charge is 0.494 e. The second-order valence-corrected chi connectivity index (χ2v) is 8.31. The second kappa shape index (κ2) is 13.6. The van der Waals surface area contributed by atoms with Crippen LogP contribution in [-0.2, 0) is 6.42 Å². The van der Waals surface area contributed by atoms with E-state index in [2.05, 4.69) is 33.8 Å². The number of hydrogen-bond acceptors (Lipinski definition) is 5. The molecule has 32 heavy (non-hydrogen) atoms. The molecule has 0 atom stereocenters. The van der Waals surface area contributed by atoms with Crippen LogP contribution >= 0.6 is 0 Å². The van der Waals surface area contributed by atoms with Crippen molar-refractivity contribution >= 4 is 0 Å². The fourth-order valence-corrected chi connectivity index (χ4v) is 3.58. The van der Waals surface area contributed by atoms with Gasteiger partial charge in [-0.3, -0.25) is 0 Å². The summed E-state index contributed by atoms with van der Waals surface area (Å²) in [5.74, 6) is 2.24. The molecule has 0 amide bonds. The minimum Gasteiger partial charge on any atom is -0.494 e. The monoisotopic (exact) mass is 432 g/mol. The van der Waals surface area contributed by atoms with Gasteiger partial charge in [-0.15, -0.1) is 0 Å². The number of nitrogens with zero attached hydrogens (tertiary/aromatic N) is 4. The minimum absolute atomic E-state index is 0.666. The number of unbranched alkanes of at least 4 members (excludes halogenated alkanes) is 7. The highest BCUT2D eigenvalue weighted by molar-refractivity contribution is 5.59. The van der Waals surface area contributed by atoms with Crippen molar-refractivity contribution < 1.29 is 4.74 Å². The molecular formula is C27H36N4O. The van der Waals surface area contributed by atoms with Gasteiger partial charge in [0, 0.05) is 30.4 Å². The van der Waals surface area contributed by atoms with E-state index in [0.717, 1.165) is 36.3 Å². The average molecular weight is 433 g/mol. The molecule has 3 aromatic rings. The molecule has 0 N–H and O–H groups in total. The lowest BCUT2D eigenvalue weighted by Gasteiger charge is -2.07. The summed E-state index contributed by atoms with van der Waals surface area (Å²) >= 11 is 0. The molecule has 0 spiro atoms. The summed E-state index contributed by atoms with van der Waals surface area (Å²) in [6.07, 6.45) is 19.8. The van der Waals surface area contributed by atoms with Crippen LogP contribution in [0.15, 0.2) is 49.1 Å². The Hall–Kier alpha value is -2.82. The Morgan fingerprint density at radius 2 is 1.16 bits per heavy atom. The predicted octanol–water partition coefficient (Wildman–Crippen LogP) is 7.07. The van der Waals surface area contributed by atoms with E-state index in [1.807, 2.05) is 36.7 Å². The first-order valence-corrected chi connectivity index (χ1v) is 12.2. The van der Waals surface area contributed by atoms with Crippen LogP contribution < -0.4 is 4.74 Å². The minimum atomic E-state index is 0.666. The highest BCUT2D eigenvalue weighted by atomic mass is 16.5. The zero-order chi connectivity index (χ0) is 22.4. The molecule has 0 fully saturated rings. The van der Waals surface area contributed by atoms with Gasteiger partial charge in [-0.1, -0.05) is 58.8 Å². The summed E-state index contributed by atoms with van der Waals surface area (Å²) in [4.78, 5) is 18.1. The van der Waals surface area contributed by atoms with Crippen molar-refractivity contribution in [1.29, 1.82) is 0 Å². The number of aryl methyl sites for hydroxylation is 1. The third-order valence-corrected chi connectivity index (χ3v) is 5.56. The van der Waals surface area contributed by atoms with E-state index < -0.39 is 0 Å². The first-order valence-electron chi connectivity index (χ1n) is 12.2. The van der Waals surface area contributed by atoms with Crippen LogP contribution in [-0.4, -0.2) is 26.5 Å². The van der Waals surface area contributed by atoms with Crippen molar-refractivity contribution in [2.24, 2.45) is 0 Å². The van der Waals surface area contributed by atoms with Gasteiger partial charge in [-0.25, -0.2) is 19.9 Å². The predicted molar refractivity (Wildman–Crippen MR) is 131 cm³/mol. The summed E-state index contributed by atoms with van der Waals surface area (Å²) in [6, 6.07) is 7.95. The molecule has 0 aliphatic heterocycles. The third kappa shape index (κ3) is 7.70. The molecule has 2 heterocycles. The summed E-state index contributed by atoms with van der Waals surface area (Å²) in [5, 5.41) is 0. The van der Waals surface area contributed by atoms with E-state index in [1.54, 1.807) is 12.4 Å². The topological polar surface area (TPSA) is 60.8 Å². The molecule has 0 radical (unpaired) electrons. The quantitative estimate of drug-likeness (QED) is 0.255. The van der Waals surface area contributed by atoms with Crippen molar-refractivity contribution in [3.63, 3.8) is 0 Å². The van der Waals surface area contributed by atoms with Crippen molar-refractivity contribution in [2.75, 3.05) is 6.61 Å². The molecular weight excluding hydrogens is 396 g/mol. The molecule has 1 aromatic carbocycles. The van der Waals surface area contributed by atoms with Gasteiger partial charge in [0.1, 0.15) is 5.75 Å². The Morgan fingerprint density at radius 3 is 1.84 bits per heavy atom. The first kappa shape index (κ1) is 23.8. The van der Waals surface area contributed by atoms with Gasteiger partial charge in [-0.05, 0) is 49.1 Å². The number of ether oxygens (including phenoxy) is 1. The van der Waals surface area contributed by atoms with Crippen LogP contribution in [0.4, 0.5) is 0 Å². The molecule has 0 unspecified atom stereocenters. The molecule has 0 saturated heterocycles. The summed E-state index contributed by atoms with van der Waals surface area (Å²) < 4.78 is 5.77. The highest BCUT2D eigenvalue weighted by Crippen LogP contribution is 2.21. The Labute approximate surface area is 192 Å². The molecule has 170 valence electrons. The number of hydrogen-bond donors (Lipinski definition) is 0. The Balaban J connectivity index is 1.50. The normalized spacial score (nSPS) is 10.9. The summed E-state index contributed by atoms with van der Waals surface area (Å²) in [7, 11) is 0. The van der Waals surface area contributed by atoms with Gasteiger partial charge < -0.3 is 4.74 Å². The Bertz CT molecular complexity index is 892.